The van der Waals surface area contributed by atoms with E-state index in [0.29, 0.717) is 29.4 Å². The lowest BCUT2D eigenvalue weighted by Gasteiger charge is -2.12. The zero-order valence-electron chi connectivity index (χ0n) is 11.0. The van der Waals surface area contributed by atoms with E-state index in [2.05, 4.69) is 10.6 Å². The van der Waals surface area contributed by atoms with Crippen molar-refractivity contribution in [1.29, 1.82) is 0 Å². The topological polar surface area (TPSA) is 67.2 Å². The van der Waals surface area contributed by atoms with Gasteiger partial charge in [-0.25, -0.2) is 4.39 Å². The number of nitrogens with one attached hydrogen (secondary N) is 2. The Morgan fingerprint density at radius 3 is 2.72 bits per heavy atom. The van der Waals surface area contributed by atoms with E-state index in [0.717, 1.165) is 0 Å². The standard InChI is InChI=1S/C13H20FN3O/c1-8(2)6-17-13(18)7-16-12-4-9(3)10(14)5-11(12)15/h4-5,8,16H,6-7,15H2,1-3H3,(H,17,18). The van der Waals surface area contributed by atoms with Gasteiger partial charge >= 0.3 is 0 Å². The molecular weight excluding hydrogens is 233 g/mol. The number of rotatable bonds is 5. The van der Waals surface area contributed by atoms with Crippen LogP contribution in [0, 0.1) is 18.7 Å². The summed E-state index contributed by atoms with van der Waals surface area (Å²) >= 11 is 0. The fraction of sp³-hybridized carbons (Fsp3) is 0.462. The molecule has 0 unspecified atom stereocenters. The number of hydrogen-bond acceptors (Lipinski definition) is 3. The van der Waals surface area contributed by atoms with Gasteiger partial charge in [0.05, 0.1) is 17.9 Å². The summed E-state index contributed by atoms with van der Waals surface area (Å²) in [7, 11) is 0. The van der Waals surface area contributed by atoms with Crippen LogP contribution in [0.4, 0.5) is 15.8 Å². The number of nitrogen functional groups attached to an aromatic ring is 1. The van der Waals surface area contributed by atoms with Crippen molar-refractivity contribution < 1.29 is 9.18 Å². The molecule has 1 rings (SSSR count). The second kappa shape index (κ2) is 6.23. The molecule has 1 aromatic carbocycles. The molecule has 0 aliphatic rings. The molecule has 0 aliphatic heterocycles. The Bertz CT molecular complexity index is 432. The average molecular weight is 253 g/mol. The molecule has 5 heteroatoms. The summed E-state index contributed by atoms with van der Waals surface area (Å²) in [5.41, 5.74) is 7.04. The lowest BCUT2D eigenvalue weighted by molar-refractivity contribution is -0.119. The van der Waals surface area contributed by atoms with Gasteiger partial charge in [-0.2, -0.15) is 0 Å². The zero-order valence-corrected chi connectivity index (χ0v) is 11.0. The SMILES string of the molecule is Cc1cc(NCC(=O)NCC(C)C)c(N)cc1F. The number of benzene rings is 1. The third-order valence-corrected chi connectivity index (χ3v) is 2.48. The summed E-state index contributed by atoms with van der Waals surface area (Å²) in [6, 6.07) is 2.85. The first kappa shape index (κ1) is 14.3. The van der Waals surface area contributed by atoms with E-state index in [-0.39, 0.29) is 18.3 Å². The molecule has 1 aromatic rings. The molecular formula is C13H20FN3O. The third-order valence-electron chi connectivity index (χ3n) is 2.48. The van der Waals surface area contributed by atoms with Crippen molar-refractivity contribution in [3.05, 3.63) is 23.5 Å². The van der Waals surface area contributed by atoms with Gasteiger partial charge in [-0.3, -0.25) is 4.79 Å². The van der Waals surface area contributed by atoms with Crippen LogP contribution in [0.25, 0.3) is 0 Å². The maximum absolute atomic E-state index is 13.2. The van der Waals surface area contributed by atoms with Gasteiger partial charge < -0.3 is 16.4 Å². The Labute approximate surface area is 107 Å². The Morgan fingerprint density at radius 1 is 1.44 bits per heavy atom. The van der Waals surface area contributed by atoms with E-state index in [1.165, 1.54) is 6.07 Å². The first-order chi connectivity index (χ1) is 8.40. The van der Waals surface area contributed by atoms with Crippen LogP contribution in [0.5, 0.6) is 0 Å². The molecule has 0 spiro atoms. The predicted octanol–water partition coefficient (Wildman–Crippen LogP) is 1.90. The molecule has 0 saturated heterocycles. The second-order valence-electron chi connectivity index (χ2n) is 4.74. The average Bonchev–Trinajstić information content (AvgIpc) is 2.29. The van der Waals surface area contributed by atoms with Crippen molar-refractivity contribution in [3.8, 4) is 0 Å². The molecule has 4 N–H and O–H groups in total. The molecule has 4 nitrogen and oxygen atoms in total. The molecule has 100 valence electrons. The van der Waals surface area contributed by atoms with Gasteiger partial charge in [0.2, 0.25) is 5.91 Å². The van der Waals surface area contributed by atoms with Crippen LogP contribution in [-0.2, 0) is 4.79 Å². The highest BCUT2D eigenvalue weighted by atomic mass is 19.1. The molecule has 0 atom stereocenters. The smallest absolute Gasteiger partial charge is 0.239 e. The summed E-state index contributed by atoms with van der Waals surface area (Å²) in [6.45, 7) is 6.46. The van der Waals surface area contributed by atoms with Crippen LogP contribution in [-0.4, -0.2) is 19.0 Å². The van der Waals surface area contributed by atoms with Gasteiger partial charge in [0, 0.05) is 6.54 Å². The summed E-state index contributed by atoms with van der Waals surface area (Å²) in [6.07, 6.45) is 0. The number of hydrogen-bond donors (Lipinski definition) is 3. The minimum atomic E-state index is -0.345. The number of anilines is 2. The molecule has 0 saturated carbocycles. The minimum absolute atomic E-state index is 0.106. The fourth-order valence-corrected chi connectivity index (χ4v) is 1.41. The lowest BCUT2D eigenvalue weighted by Crippen LogP contribution is -2.32. The first-order valence-corrected chi connectivity index (χ1v) is 5.96. The maximum Gasteiger partial charge on any atom is 0.239 e. The summed E-state index contributed by atoms with van der Waals surface area (Å²) in [4.78, 5) is 11.5. The number of aryl methyl sites for hydroxylation is 1. The van der Waals surface area contributed by atoms with Crippen molar-refractivity contribution >= 4 is 17.3 Å². The number of halogens is 1. The van der Waals surface area contributed by atoms with E-state index >= 15 is 0 Å². The van der Waals surface area contributed by atoms with E-state index in [1.807, 2.05) is 13.8 Å². The Balaban J connectivity index is 2.53. The molecule has 0 aromatic heterocycles. The molecule has 0 aliphatic carbocycles. The van der Waals surface area contributed by atoms with Crippen molar-refractivity contribution in [2.75, 3.05) is 24.1 Å². The molecule has 1 amide bonds. The highest BCUT2D eigenvalue weighted by Gasteiger charge is 2.07. The van der Waals surface area contributed by atoms with Crippen molar-refractivity contribution in [3.63, 3.8) is 0 Å². The zero-order chi connectivity index (χ0) is 13.7. The molecule has 18 heavy (non-hydrogen) atoms. The van der Waals surface area contributed by atoms with Gasteiger partial charge in [0.1, 0.15) is 5.82 Å². The van der Waals surface area contributed by atoms with Crippen molar-refractivity contribution in [1.82, 2.24) is 5.32 Å². The monoisotopic (exact) mass is 253 g/mol. The van der Waals surface area contributed by atoms with Crippen molar-refractivity contribution in [2.45, 2.75) is 20.8 Å². The van der Waals surface area contributed by atoms with E-state index in [4.69, 9.17) is 5.73 Å². The van der Waals surface area contributed by atoms with Crippen LogP contribution >= 0.6 is 0 Å². The molecule has 0 radical (unpaired) electrons. The minimum Gasteiger partial charge on any atom is -0.397 e. The van der Waals surface area contributed by atoms with E-state index < -0.39 is 0 Å². The second-order valence-corrected chi connectivity index (χ2v) is 4.74. The van der Waals surface area contributed by atoms with Gasteiger partial charge in [-0.15, -0.1) is 0 Å². The normalized spacial score (nSPS) is 10.5. The van der Waals surface area contributed by atoms with E-state index in [1.54, 1.807) is 13.0 Å². The predicted molar refractivity (Wildman–Crippen MR) is 71.9 cm³/mol. The molecule has 0 heterocycles. The first-order valence-electron chi connectivity index (χ1n) is 5.96. The molecule has 0 bridgehead atoms. The fourth-order valence-electron chi connectivity index (χ4n) is 1.41. The summed E-state index contributed by atoms with van der Waals surface area (Å²) in [5, 5.41) is 5.68. The Morgan fingerprint density at radius 2 is 2.11 bits per heavy atom. The van der Waals surface area contributed by atoms with Crippen LogP contribution in [0.15, 0.2) is 12.1 Å². The van der Waals surface area contributed by atoms with Crippen LogP contribution < -0.4 is 16.4 Å². The largest absolute Gasteiger partial charge is 0.397 e. The third kappa shape index (κ3) is 4.24. The van der Waals surface area contributed by atoms with Crippen molar-refractivity contribution in [2.24, 2.45) is 5.92 Å². The highest BCUT2D eigenvalue weighted by Crippen LogP contribution is 2.22. The Hall–Kier alpha value is -1.78. The van der Waals surface area contributed by atoms with E-state index in [9.17, 15) is 9.18 Å². The van der Waals surface area contributed by atoms with Gasteiger partial charge in [0.25, 0.3) is 0 Å². The number of carbonyl (C=O) groups excluding carboxylic acids is 1. The van der Waals surface area contributed by atoms with Crippen LogP contribution in [0.3, 0.4) is 0 Å². The quantitative estimate of drug-likeness (QED) is 0.702. The number of nitrogens with two attached hydrogens (primary N) is 1. The number of amides is 1. The van der Waals surface area contributed by atoms with Gasteiger partial charge in [-0.1, -0.05) is 13.8 Å². The Kier molecular flexibility index (Phi) is 4.95. The maximum atomic E-state index is 13.2. The highest BCUT2D eigenvalue weighted by molar-refractivity contribution is 5.82. The van der Waals surface area contributed by atoms with Crippen LogP contribution in [0.1, 0.15) is 19.4 Å². The van der Waals surface area contributed by atoms with Gasteiger partial charge in [-0.05, 0) is 30.5 Å². The molecule has 0 fully saturated rings. The lowest BCUT2D eigenvalue weighted by atomic mass is 10.2. The summed E-state index contributed by atoms with van der Waals surface area (Å²) < 4.78 is 13.2. The van der Waals surface area contributed by atoms with Crippen LogP contribution in [0.2, 0.25) is 0 Å². The number of carbonyl (C=O) groups is 1. The van der Waals surface area contributed by atoms with Gasteiger partial charge in [0.15, 0.2) is 0 Å². The summed E-state index contributed by atoms with van der Waals surface area (Å²) in [5.74, 6) is -0.0422.